The van der Waals surface area contributed by atoms with Crippen LogP contribution >= 0.6 is 0 Å². The van der Waals surface area contributed by atoms with E-state index in [4.69, 9.17) is 4.43 Å². The summed E-state index contributed by atoms with van der Waals surface area (Å²) in [5.74, 6) is 1.21. The molecule has 196 valence electrons. The first-order chi connectivity index (χ1) is 17.7. The molecule has 2 saturated carbocycles. The van der Waals surface area contributed by atoms with Crippen LogP contribution in [0.4, 0.5) is 0 Å². The second-order valence-electron chi connectivity index (χ2n) is 13.4. The number of aliphatic hydroxyl groups is 1. The maximum atomic E-state index is 10.8. The van der Waals surface area contributed by atoms with Crippen molar-refractivity contribution in [1.29, 1.82) is 0 Å². The molecule has 1 N–H and O–H groups in total. The first-order valence-corrected chi connectivity index (χ1v) is 16.5. The van der Waals surface area contributed by atoms with Crippen LogP contribution in [-0.4, -0.2) is 25.6 Å². The highest BCUT2D eigenvalue weighted by Crippen LogP contribution is 2.59. The molecule has 0 aliphatic heterocycles. The van der Waals surface area contributed by atoms with Gasteiger partial charge in [-0.2, -0.15) is 0 Å². The minimum Gasteiger partial charge on any atom is -0.404 e. The van der Waals surface area contributed by atoms with Gasteiger partial charge in [-0.1, -0.05) is 111 Å². The fraction of sp³-hybridized carbons (Fsp3) is 0.529. The fourth-order valence-electron chi connectivity index (χ4n) is 8.55. The molecular weight excluding hydrogens is 468 g/mol. The maximum absolute atomic E-state index is 10.8. The van der Waals surface area contributed by atoms with Gasteiger partial charge in [-0.05, 0) is 72.7 Å². The molecule has 0 bridgehead atoms. The Labute approximate surface area is 225 Å². The van der Waals surface area contributed by atoms with E-state index in [-0.39, 0.29) is 22.7 Å². The van der Waals surface area contributed by atoms with E-state index in [9.17, 15) is 5.11 Å². The van der Waals surface area contributed by atoms with Crippen LogP contribution in [0.2, 0.25) is 5.04 Å². The highest BCUT2D eigenvalue weighted by molar-refractivity contribution is 6.99. The Morgan fingerprint density at radius 1 is 0.892 bits per heavy atom. The van der Waals surface area contributed by atoms with E-state index < -0.39 is 8.32 Å². The Morgan fingerprint density at radius 2 is 1.54 bits per heavy atom. The molecule has 2 aromatic carbocycles. The molecule has 2 aromatic rings. The van der Waals surface area contributed by atoms with E-state index in [1.165, 1.54) is 36.1 Å². The fourth-order valence-corrected chi connectivity index (χ4v) is 13.3. The van der Waals surface area contributed by atoms with Gasteiger partial charge in [0.2, 0.25) is 0 Å². The van der Waals surface area contributed by atoms with Crippen LogP contribution in [0.25, 0.3) is 0 Å². The highest BCUT2D eigenvalue weighted by atomic mass is 28.4. The summed E-state index contributed by atoms with van der Waals surface area (Å²) in [6.07, 6.45) is 11.7. The van der Waals surface area contributed by atoms with E-state index >= 15 is 0 Å². The molecule has 2 fully saturated rings. The Bertz CT molecular complexity index is 1150. The zero-order valence-corrected chi connectivity index (χ0v) is 24.2. The van der Waals surface area contributed by atoms with Gasteiger partial charge in [0.05, 0.1) is 6.10 Å². The molecule has 0 amide bonds. The van der Waals surface area contributed by atoms with Gasteiger partial charge in [-0.3, -0.25) is 0 Å². The first kappa shape index (κ1) is 25.3. The normalized spacial score (nSPS) is 31.9. The molecule has 6 rings (SSSR count). The van der Waals surface area contributed by atoms with Gasteiger partial charge in [0, 0.05) is 17.4 Å². The van der Waals surface area contributed by atoms with E-state index in [1.807, 2.05) is 0 Å². The molecular formula is C34H44O2Si. The summed E-state index contributed by atoms with van der Waals surface area (Å²) in [5.41, 5.74) is 5.17. The minimum atomic E-state index is -2.53. The molecule has 0 spiro atoms. The number of rotatable bonds is 4. The smallest absolute Gasteiger partial charge is 0.261 e. The van der Waals surface area contributed by atoms with Crippen molar-refractivity contribution in [3.63, 3.8) is 0 Å². The lowest BCUT2D eigenvalue weighted by Gasteiger charge is -2.49. The van der Waals surface area contributed by atoms with Gasteiger partial charge < -0.3 is 9.53 Å². The lowest BCUT2D eigenvalue weighted by molar-refractivity contribution is 0.0232. The maximum Gasteiger partial charge on any atom is 0.261 e. The van der Waals surface area contributed by atoms with E-state index in [0.717, 1.165) is 25.7 Å². The summed E-state index contributed by atoms with van der Waals surface area (Å²) < 4.78 is 7.55. The van der Waals surface area contributed by atoms with Crippen molar-refractivity contribution in [2.24, 2.45) is 17.3 Å². The average Bonchev–Trinajstić information content (AvgIpc) is 3.21. The third kappa shape index (κ3) is 4.04. The number of hydrogen-bond acceptors (Lipinski definition) is 2. The van der Waals surface area contributed by atoms with Crippen molar-refractivity contribution in [2.75, 3.05) is 0 Å². The SMILES string of the molecule is CC(C)(C)[Si](OC1CCC2=C(CC=C3[C@@H]2CC[C@]2(C)[C@@H](O)CC[C@@H]32)C1)(c1ccccc1)c1ccccc1. The third-order valence-electron chi connectivity index (χ3n) is 10.5. The van der Waals surface area contributed by atoms with Gasteiger partial charge >= 0.3 is 0 Å². The number of allylic oxidation sites excluding steroid dienone is 3. The van der Waals surface area contributed by atoms with Crippen molar-refractivity contribution in [3.8, 4) is 0 Å². The van der Waals surface area contributed by atoms with Crippen molar-refractivity contribution in [3.05, 3.63) is 83.5 Å². The lowest BCUT2D eigenvalue weighted by atomic mass is 9.58. The lowest BCUT2D eigenvalue weighted by Crippen LogP contribution is -2.67. The molecule has 1 unspecified atom stereocenters. The molecule has 0 radical (unpaired) electrons. The molecule has 0 heterocycles. The predicted molar refractivity (Wildman–Crippen MR) is 156 cm³/mol. The van der Waals surface area contributed by atoms with Crippen LogP contribution in [0.5, 0.6) is 0 Å². The largest absolute Gasteiger partial charge is 0.404 e. The number of fused-ring (bicyclic) bond motifs is 4. The highest BCUT2D eigenvalue weighted by Gasteiger charge is 2.54. The molecule has 2 nitrogen and oxygen atoms in total. The zero-order valence-electron chi connectivity index (χ0n) is 23.2. The van der Waals surface area contributed by atoms with Crippen LogP contribution in [0.15, 0.2) is 83.5 Å². The third-order valence-corrected chi connectivity index (χ3v) is 15.6. The van der Waals surface area contributed by atoms with Crippen LogP contribution in [0, 0.1) is 17.3 Å². The molecule has 0 aromatic heterocycles. The molecule has 4 aliphatic carbocycles. The van der Waals surface area contributed by atoms with E-state index in [1.54, 1.807) is 16.7 Å². The second kappa shape index (κ2) is 9.36. The summed E-state index contributed by atoms with van der Waals surface area (Å²) in [5, 5.41) is 13.5. The standard InChI is InChI=1S/C34H44O2Si/c1-33(2,3)37(26-11-7-5-8-12-26,27-13-9-6-10-14-27)36-25-16-18-28-24(23-25)15-17-30-29(28)21-22-34(4)31(30)19-20-32(34)35/h5-14,17,25,29,31-32,35H,15-16,18-23H2,1-4H3/t25?,29-,31+,32+,34+/m1/s1. The van der Waals surface area contributed by atoms with Crippen LogP contribution < -0.4 is 10.4 Å². The summed E-state index contributed by atoms with van der Waals surface area (Å²) in [4.78, 5) is 0. The number of aliphatic hydroxyl groups excluding tert-OH is 1. The van der Waals surface area contributed by atoms with Gasteiger partial charge in [-0.15, -0.1) is 0 Å². The molecule has 37 heavy (non-hydrogen) atoms. The van der Waals surface area contributed by atoms with Crippen LogP contribution in [-0.2, 0) is 4.43 Å². The zero-order chi connectivity index (χ0) is 25.8. The Kier molecular flexibility index (Phi) is 6.41. The average molecular weight is 513 g/mol. The number of benzene rings is 2. The van der Waals surface area contributed by atoms with Crippen molar-refractivity contribution >= 4 is 18.7 Å². The number of hydrogen-bond donors (Lipinski definition) is 1. The summed E-state index contributed by atoms with van der Waals surface area (Å²) in [6, 6.07) is 22.2. The van der Waals surface area contributed by atoms with Crippen molar-refractivity contribution in [1.82, 2.24) is 0 Å². The quantitative estimate of drug-likeness (QED) is 0.356. The van der Waals surface area contributed by atoms with Crippen molar-refractivity contribution in [2.45, 2.75) is 96.3 Å². The molecule has 3 heteroatoms. The monoisotopic (exact) mass is 512 g/mol. The van der Waals surface area contributed by atoms with Crippen LogP contribution in [0.1, 0.15) is 79.1 Å². The van der Waals surface area contributed by atoms with Gasteiger partial charge in [0.1, 0.15) is 0 Å². The van der Waals surface area contributed by atoms with Gasteiger partial charge in [0.25, 0.3) is 8.32 Å². The van der Waals surface area contributed by atoms with E-state index in [2.05, 4.69) is 94.4 Å². The second-order valence-corrected chi connectivity index (χ2v) is 17.7. The van der Waals surface area contributed by atoms with Crippen molar-refractivity contribution < 1.29 is 9.53 Å². The molecule has 4 aliphatic rings. The minimum absolute atomic E-state index is 0.0150. The van der Waals surface area contributed by atoms with Gasteiger partial charge in [0.15, 0.2) is 0 Å². The van der Waals surface area contributed by atoms with E-state index in [0.29, 0.717) is 11.8 Å². The van der Waals surface area contributed by atoms with Gasteiger partial charge in [-0.25, -0.2) is 0 Å². The predicted octanol–water partition coefficient (Wildman–Crippen LogP) is 6.93. The summed E-state index contributed by atoms with van der Waals surface area (Å²) in [6.45, 7) is 9.51. The Morgan fingerprint density at radius 3 is 2.16 bits per heavy atom. The Hall–Kier alpha value is -1.94. The summed E-state index contributed by atoms with van der Waals surface area (Å²) >= 11 is 0. The molecule has 0 saturated heterocycles. The molecule has 5 atom stereocenters. The summed E-state index contributed by atoms with van der Waals surface area (Å²) in [7, 11) is -2.53. The topological polar surface area (TPSA) is 29.5 Å². The first-order valence-electron chi connectivity index (χ1n) is 14.6. The Balaban J connectivity index is 1.31. The van der Waals surface area contributed by atoms with Crippen LogP contribution in [0.3, 0.4) is 0 Å².